The van der Waals surface area contributed by atoms with Gasteiger partial charge in [-0.25, -0.2) is 9.37 Å². The fraction of sp³-hybridized carbons (Fsp3) is 0.364. The molecular formula is C22H24ClFN4O. The van der Waals surface area contributed by atoms with Gasteiger partial charge in [-0.05, 0) is 50.6 Å². The highest BCUT2D eigenvalue weighted by Crippen LogP contribution is 2.34. The number of carbonyl (C=O) groups is 1. The molecule has 1 saturated heterocycles. The molecule has 152 valence electrons. The standard InChI is InChI=1S/C22H24ClFN4O/c1-22(2,3)28-13-16(14-4-6-17(23)18(24)12-14)15-5-7-19(26-20(15)28)21(29)27-10-8-25-9-11-27/h4-7,12-13,25H,8-11H2,1-3H3. The van der Waals surface area contributed by atoms with Crippen LogP contribution >= 0.6 is 11.6 Å². The zero-order valence-corrected chi connectivity index (χ0v) is 17.6. The Kier molecular flexibility index (Phi) is 5.09. The molecule has 0 atom stereocenters. The van der Waals surface area contributed by atoms with Crippen LogP contribution in [0.2, 0.25) is 5.02 Å². The number of rotatable bonds is 2. The van der Waals surface area contributed by atoms with Crippen LogP contribution in [-0.2, 0) is 5.54 Å². The van der Waals surface area contributed by atoms with Gasteiger partial charge in [-0.15, -0.1) is 0 Å². The van der Waals surface area contributed by atoms with Crippen LogP contribution in [0.4, 0.5) is 4.39 Å². The number of hydrogen-bond donors (Lipinski definition) is 1. The van der Waals surface area contributed by atoms with Crippen molar-refractivity contribution in [1.29, 1.82) is 0 Å². The van der Waals surface area contributed by atoms with Crippen LogP contribution in [0, 0.1) is 5.82 Å². The molecule has 4 rings (SSSR count). The Morgan fingerprint density at radius 3 is 2.55 bits per heavy atom. The Labute approximate surface area is 174 Å². The molecule has 0 radical (unpaired) electrons. The third kappa shape index (κ3) is 3.74. The maximum Gasteiger partial charge on any atom is 0.272 e. The van der Waals surface area contributed by atoms with Crippen molar-refractivity contribution >= 4 is 28.5 Å². The summed E-state index contributed by atoms with van der Waals surface area (Å²) in [6, 6.07) is 8.45. The normalized spacial score (nSPS) is 15.1. The summed E-state index contributed by atoms with van der Waals surface area (Å²) in [7, 11) is 0. The molecule has 1 amide bonds. The summed E-state index contributed by atoms with van der Waals surface area (Å²) >= 11 is 5.85. The number of benzene rings is 1. The maximum absolute atomic E-state index is 14.1. The fourth-order valence-electron chi connectivity index (χ4n) is 3.66. The first kappa shape index (κ1) is 19.9. The molecule has 0 bridgehead atoms. The van der Waals surface area contributed by atoms with Crippen LogP contribution in [-0.4, -0.2) is 46.5 Å². The van der Waals surface area contributed by atoms with Crippen molar-refractivity contribution in [3.63, 3.8) is 0 Å². The molecule has 1 aromatic carbocycles. The molecule has 3 heterocycles. The summed E-state index contributed by atoms with van der Waals surface area (Å²) in [5.74, 6) is -0.520. The zero-order valence-electron chi connectivity index (χ0n) is 16.8. The average Bonchev–Trinajstić information content (AvgIpc) is 3.09. The van der Waals surface area contributed by atoms with E-state index in [-0.39, 0.29) is 16.5 Å². The topological polar surface area (TPSA) is 50.2 Å². The Bertz CT molecular complexity index is 1080. The van der Waals surface area contributed by atoms with Crippen molar-refractivity contribution in [3.05, 3.63) is 53.1 Å². The quantitative estimate of drug-likeness (QED) is 0.680. The molecule has 0 aliphatic carbocycles. The second-order valence-corrected chi connectivity index (χ2v) is 8.73. The number of aromatic nitrogens is 2. The number of carbonyl (C=O) groups excluding carboxylic acids is 1. The Morgan fingerprint density at radius 2 is 1.90 bits per heavy atom. The summed E-state index contributed by atoms with van der Waals surface area (Å²) in [5.41, 5.74) is 2.47. The minimum Gasteiger partial charge on any atom is -0.335 e. The van der Waals surface area contributed by atoms with E-state index in [1.165, 1.54) is 6.07 Å². The van der Waals surface area contributed by atoms with Gasteiger partial charge in [0.15, 0.2) is 0 Å². The van der Waals surface area contributed by atoms with Gasteiger partial charge in [-0.3, -0.25) is 4.79 Å². The first-order valence-corrected chi connectivity index (χ1v) is 10.1. The van der Waals surface area contributed by atoms with E-state index in [1.54, 1.807) is 18.2 Å². The minimum atomic E-state index is -0.459. The highest BCUT2D eigenvalue weighted by Gasteiger charge is 2.24. The number of nitrogens with zero attached hydrogens (tertiary/aromatic N) is 3. The molecule has 1 aliphatic rings. The fourth-order valence-corrected chi connectivity index (χ4v) is 3.77. The number of piperazine rings is 1. The third-order valence-electron chi connectivity index (χ3n) is 5.23. The van der Waals surface area contributed by atoms with Crippen LogP contribution in [0.1, 0.15) is 31.3 Å². The van der Waals surface area contributed by atoms with Crippen molar-refractivity contribution in [2.75, 3.05) is 26.2 Å². The summed E-state index contributed by atoms with van der Waals surface area (Å²) in [6.07, 6.45) is 1.97. The Balaban J connectivity index is 1.84. The number of hydrogen-bond acceptors (Lipinski definition) is 3. The maximum atomic E-state index is 14.1. The second-order valence-electron chi connectivity index (χ2n) is 8.32. The van der Waals surface area contributed by atoms with Crippen LogP contribution in [0.5, 0.6) is 0 Å². The number of nitrogens with one attached hydrogen (secondary N) is 1. The molecular weight excluding hydrogens is 391 g/mol. The highest BCUT2D eigenvalue weighted by atomic mass is 35.5. The molecule has 1 N–H and O–H groups in total. The first-order valence-electron chi connectivity index (χ1n) is 9.74. The van der Waals surface area contributed by atoms with Gasteiger partial charge in [-0.2, -0.15) is 0 Å². The third-order valence-corrected chi connectivity index (χ3v) is 5.53. The average molecular weight is 415 g/mol. The Hall–Kier alpha value is -2.44. The van der Waals surface area contributed by atoms with Crippen LogP contribution in [0.25, 0.3) is 22.2 Å². The van der Waals surface area contributed by atoms with E-state index in [1.807, 2.05) is 21.7 Å². The second kappa shape index (κ2) is 7.43. The number of pyridine rings is 1. The van der Waals surface area contributed by atoms with Gasteiger partial charge in [0.2, 0.25) is 0 Å². The lowest BCUT2D eigenvalue weighted by atomic mass is 10.1. The molecule has 1 aliphatic heterocycles. The van der Waals surface area contributed by atoms with Crippen molar-refractivity contribution in [2.24, 2.45) is 0 Å². The van der Waals surface area contributed by atoms with Gasteiger partial charge >= 0.3 is 0 Å². The predicted molar refractivity (Wildman–Crippen MR) is 114 cm³/mol. The predicted octanol–water partition coefficient (Wildman–Crippen LogP) is 4.30. The first-order chi connectivity index (χ1) is 13.8. The number of amides is 1. The van der Waals surface area contributed by atoms with Gasteiger partial charge in [0.05, 0.1) is 5.02 Å². The summed E-state index contributed by atoms with van der Waals surface area (Å²) in [5, 5.41) is 4.22. The lowest BCUT2D eigenvalue weighted by Gasteiger charge is -2.27. The van der Waals surface area contributed by atoms with E-state index in [4.69, 9.17) is 16.6 Å². The minimum absolute atomic E-state index is 0.0610. The molecule has 5 nitrogen and oxygen atoms in total. The van der Waals surface area contributed by atoms with Crippen molar-refractivity contribution in [3.8, 4) is 11.1 Å². The lowest BCUT2D eigenvalue weighted by molar-refractivity contribution is 0.0730. The van der Waals surface area contributed by atoms with Crippen LogP contribution in [0.3, 0.4) is 0 Å². The zero-order chi connectivity index (χ0) is 20.8. The molecule has 3 aromatic rings. The van der Waals surface area contributed by atoms with E-state index in [9.17, 15) is 9.18 Å². The molecule has 0 saturated carbocycles. The molecule has 2 aromatic heterocycles. The smallest absolute Gasteiger partial charge is 0.272 e. The molecule has 0 spiro atoms. The monoisotopic (exact) mass is 414 g/mol. The van der Waals surface area contributed by atoms with Crippen LogP contribution < -0.4 is 5.32 Å². The summed E-state index contributed by atoms with van der Waals surface area (Å²) in [4.78, 5) is 19.5. The van der Waals surface area contributed by atoms with E-state index in [0.717, 1.165) is 29.6 Å². The van der Waals surface area contributed by atoms with Gasteiger partial charge in [-0.1, -0.05) is 17.7 Å². The number of fused-ring (bicyclic) bond motifs is 1. The molecule has 29 heavy (non-hydrogen) atoms. The van der Waals surface area contributed by atoms with Crippen molar-refractivity contribution in [2.45, 2.75) is 26.3 Å². The lowest BCUT2D eigenvalue weighted by Crippen LogP contribution is -2.46. The largest absolute Gasteiger partial charge is 0.335 e. The molecule has 7 heteroatoms. The summed E-state index contributed by atoms with van der Waals surface area (Å²) in [6.45, 7) is 9.15. The van der Waals surface area contributed by atoms with Crippen LogP contribution in [0.15, 0.2) is 36.5 Å². The van der Waals surface area contributed by atoms with Crippen molar-refractivity contribution in [1.82, 2.24) is 19.8 Å². The van der Waals surface area contributed by atoms with Gasteiger partial charge in [0.25, 0.3) is 5.91 Å². The Morgan fingerprint density at radius 1 is 1.17 bits per heavy atom. The van der Waals surface area contributed by atoms with E-state index < -0.39 is 5.82 Å². The molecule has 1 fully saturated rings. The van der Waals surface area contributed by atoms with E-state index in [2.05, 4.69) is 26.1 Å². The molecule has 0 unspecified atom stereocenters. The van der Waals surface area contributed by atoms with Crippen molar-refractivity contribution < 1.29 is 9.18 Å². The summed E-state index contributed by atoms with van der Waals surface area (Å²) < 4.78 is 16.1. The van der Waals surface area contributed by atoms with Gasteiger partial charge in [0.1, 0.15) is 17.2 Å². The highest BCUT2D eigenvalue weighted by molar-refractivity contribution is 6.30. The van der Waals surface area contributed by atoms with Gasteiger partial charge in [0, 0.05) is 48.9 Å². The SMILES string of the molecule is CC(C)(C)n1cc(-c2ccc(Cl)c(F)c2)c2ccc(C(=O)N3CCNCC3)nc21. The number of halogens is 2. The van der Waals surface area contributed by atoms with E-state index in [0.29, 0.717) is 24.4 Å². The van der Waals surface area contributed by atoms with Gasteiger partial charge < -0.3 is 14.8 Å². The van der Waals surface area contributed by atoms with E-state index >= 15 is 0 Å².